The van der Waals surface area contributed by atoms with Crippen LogP contribution in [0.2, 0.25) is 0 Å². The molecule has 0 aliphatic heterocycles. The van der Waals surface area contributed by atoms with Crippen molar-refractivity contribution in [3.8, 4) is 11.4 Å². The second-order valence-electron chi connectivity index (χ2n) is 9.92. The van der Waals surface area contributed by atoms with Gasteiger partial charge >= 0.3 is 0 Å². The van der Waals surface area contributed by atoms with Gasteiger partial charge < -0.3 is 11.1 Å². The zero-order valence-corrected chi connectivity index (χ0v) is 20.5. The molecule has 2 aliphatic carbocycles. The van der Waals surface area contributed by atoms with Gasteiger partial charge in [0.15, 0.2) is 5.78 Å². The molecular formula is C24H29N7O2S. The minimum atomic E-state index is -0.330. The quantitative estimate of drug-likeness (QED) is 0.476. The molecule has 1 amide bonds. The lowest BCUT2D eigenvalue weighted by Gasteiger charge is -2.30. The number of amides is 1. The van der Waals surface area contributed by atoms with E-state index in [1.807, 2.05) is 6.92 Å². The Morgan fingerprint density at radius 2 is 1.97 bits per heavy atom. The third kappa shape index (κ3) is 4.11. The molecule has 0 radical (unpaired) electrons. The molecule has 10 heteroatoms. The molecule has 1 saturated carbocycles. The third-order valence-electron chi connectivity index (χ3n) is 6.76. The van der Waals surface area contributed by atoms with Crippen LogP contribution in [-0.2, 0) is 18.3 Å². The highest BCUT2D eigenvalue weighted by atomic mass is 32.1. The zero-order valence-electron chi connectivity index (χ0n) is 19.7. The normalized spacial score (nSPS) is 17.1. The van der Waals surface area contributed by atoms with Crippen molar-refractivity contribution < 1.29 is 9.59 Å². The molecule has 3 heterocycles. The summed E-state index contributed by atoms with van der Waals surface area (Å²) in [5.74, 6) is -0.0209. The molecule has 0 aromatic carbocycles. The first-order valence-electron chi connectivity index (χ1n) is 11.7. The fourth-order valence-corrected chi connectivity index (χ4v) is 6.12. The summed E-state index contributed by atoms with van der Waals surface area (Å²) in [4.78, 5) is 39.8. The van der Waals surface area contributed by atoms with Gasteiger partial charge in [-0.05, 0) is 37.2 Å². The fraction of sp³-hybridized carbons (Fsp3) is 0.500. The van der Waals surface area contributed by atoms with Gasteiger partial charge in [0, 0.05) is 17.8 Å². The molecule has 2 aliphatic rings. The largest absolute Gasteiger partial charge is 0.368 e. The number of nitrogen functional groups attached to an aromatic ring is 1. The van der Waals surface area contributed by atoms with Gasteiger partial charge in [-0.3, -0.25) is 14.7 Å². The number of carbonyl (C=O) groups excluding carboxylic acids is 2. The van der Waals surface area contributed by atoms with Crippen LogP contribution in [0.4, 0.5) is 5.95 Å². The number of carbonyl (C=O) groups is 2. The van der Waals surface area contributed by atoms with Crippen LogP contribution in [0, 0.1) is 6.92 Å². The number of Topliss-reactive ketones (excluding diaryl/α,β-unsaturated/α-hetero) is 1. The summed E-state index contributed by atoms with van der Waals surface area (Å²) in [6, 6.07) is 0.229. The van der Waals surface area contributed by atoms with Crippen LogP contribution in [-0.4, -0.2) is 42.9 Å². The van der Waals surface area contributed by atoms with Gasteiger partial charge in [0.25, 0.3) is 5.91 Å². The van der Waals surface area contributed by atoms with Crippen LogP contribution in [0.15, 0.2) is 6.20 Å². The Morgan fingerprint density at radius 3 is 2.74 bits per heavy atom. The highest BCUT2D eigenvalue weighted by Gasteiger charge is 2.38. The number of aryl methyl sites for hydroxylation is 1. The van der Waals surface area contributed by atoms with Gasteiger partial charge in [0.2, 0.25) is 5.95 Å². The van der Waals surface area contributed by atoms with Crippen molar-refractivity contribution in [3.05, 3.63) is 38.6 Å². The van der Waals surface area contributed by atoms with E-state index in [2.05, 4.69) is 44.3 Å². The van der Waals surface area contributed by atoms with E-state index in [-0.39, 0.29) is 35.5 Å². The van der Waals surface area contributed by atoms with Crippen LogP contribution in [0.5, 0.6) is 0 Å². The minimum absolute atomic E-state index is 0.0884. The lowest BCUT2D eigenvalue weighted by Crippen LogP contribution is -2.36. The number of rotatable bonds is 5. The first-order chi connectivity index (χ1) is 16.2. The van der Waals surface area contributed by atoms with Crippen LogP contribution in [0.1, 0.15) is 87.9 Å². The predicted molar refractivity (Wildman–Crippen MR) is 130 cm³/mol. The number of aromatic nitrogens is 5. The molecular weight excluding hydrogens is 450 g/mol. The number of thiazole rings is 1. The molecule has 0 bridgehead atoms. The average Bonchev–Trinajstić information content (AvgIpc) is 3.40. The molecule has 0 spiro atoms. The lowest BCUT2D eigenvalue weighted by atomic mass is 9.73. The van der Waals surface area contributed by atoms with E-state index in [4.69, 9.17) is 5.73 Å². The van der Waals surface area contributed by atoms with E-state index in [9.17, 15) is 9.59 Å². The summed E-state index contributed by atoms with van der Waals surface area (Å²) >= 11 is 1.29. The van der Waals surface area contributed by atoms with E-state index in [0.717, 1.165) is 36.8 Å². The molecule has 178 valence electrons. The van der Waals surface area contributed by atoms with Gasteiger partial charge in [0.05, 0.1) is 17.8 Å². The highest BCUT2D eigenvalue weighted by molar-refractivity contribution is 7.13. The number of fused-ring (bicyclic) bond motifs is 3. The zero-order chi connectivity index (χ0) is 24.0. The van der Waals surface area contributed by atoms with Crippen molar-refractivity contribution in [1.29, 1.82) is 0 Å². The van der Waals surface area contributed by atoms with Crippen LogP contribution in [0.25, 0.3) is 11.4 Å². The molecule has 0 unspecified atom stereocenters. The maximum Gasteiger partial charge on any atom is 0.263 e. The number of anilines is 1. The van der Waals surface area contributed by atoms with Crippen molar-refractivity contribution >= 4 is 29.0 Å². The lowest BCUT2D eigenvalue weighted by molar-refractivity contribution is 0.0930. The Bertz CT molecular complexity index is 1270. The number of aromatic amines is 1. The first kappa shape index (κ1) is 22.6. The number of nitrogens with zero attached hydrogens (tertiary/aromatic N) is 4. The average molecular weight is 480 g/mol. The van der Waals surface area contributed by atoms with E-state index in [1.54, 1.807) is 6.20 Å². The summed E-state index contributed by atoms with van der Waals surface area (Å²) < 4.78 is 0. The molecule has 34 heavy (non-hydrogen) atoms. The van der Waals surface area contributed by atoms with Gasteiger partial charge in [0.1, 0.15) is 21.3 Å². The Morgan fingerprint density at radius 1 is 1.21 bits per heavy atom. The maximum atomic E-state index is 13.4. The Labute approximate surface area is 202 Å². The van der Waals surface area contributed by atoms with Gasteiger partial charge in [-0.25, -0.2) is 15.0 Å². The second kappa shape index (κ2) is 8.57. The molecule has 0 saturated heterocycles. The summed E-state index contributed by atoms with van der Waals surface area (Å²) in [6.07, 6.45) is 8.10. The minimum Gasteiger partial charge on any atom is -0.368 e. The number of nitrogens with one attached hydrogen (secondary N) is 2. The number of ketones is 1. The Balaban J connectivity index is 1.38. The van der Waals surface area contributed by atoms with Crippen LogP contribution in [0.3, 0.4) is 0 Å². The maximum absolute atomic E-state index is 13.4. The Kier molecular flexibility index (Phi) is 5.71. The molecule has 0 atom stereocenters. The van der Waals surface area contributed by atoms with Gasteiger partial charge in [-0.15, -0.1) is 11.3 Å². The molecule has 9 nitrogen and oxygen atoms in total. The van der Waals surface area contributed by atoms with Gasteiger partial charge in [-0.2, -0.15) is 5.10 Å². The van der Waals surface area contributed by atoms with E-state index in [0.29, 0.717) is 39.1 Å². The summed E-state index contributed by atoms with van der Waals surface area (Å²) in [5.41, 5.74) is 9.72. The van der Waals surface area contributed by atoms with E-state index >= 15 is 0 Å². The number of H-pyrrole nitrogens is 1. The van der Waals surface area contributed by atoms with Crippen LogP contribution >= 0.6 is 11.3 Å². The predicted octanol–water partition coefficient (Wildman–Crippen LogP) is 3.54. The van der Waals surface area contributed by atoms with Crippen molar-refractivity contribution in [3.63, 3.8) is 0 Å². The molecule has 5 rings (SSSR count). The van der Waals surface area contributed by atoms with Crippen molar-refractivity contribution in [1.82, 2.24) is 30.5 Å². The summed E-state index contributed by atoms with van der Waals surface area (Å²) in [7, 11) is 0. The number of hydrogen-bond acceptors (Lipinski definition) is 8. The number of hydrogen-bond donors (Lipinski definition) is 3. The van der Waals surface area contributed by atoms with Crippen LogP contribution < -0.4 is 11.1 Å². The van der Waals surface area contributed by atoms with Crippen molar-refractivity contribution in [2.24, 2.45) is 0 Å². The highest BCUT2D eigenvalue weighted by Crippen LogP contribution is 2.43. The van der Waals surface area contributed by atoms with E-state index < -0.39 is 0 Å². The standard InChI is InChI=1S/C24H29N7O2S/c1-12-21(22(33)28-14-7-5-4-6-8-14)34-16(27-12)9-15(32)19-17-20(31-30-19)18-13(10-24(17,2)3)11-26-23(25)29-18/h11,14H,4-10H2,1-3H3,(H,28,33)(H,30,31)(H2,25,26,29). The van der Waals surface area contributed by atoms with Crippen molar-refractivity contribution in [2.45, 2.75) is 77.2 Å². The summed E-state index contributed by atoms with van der Waals surface area (Å²) in [5, 5.41) is 11.2. The Hall–Kier alpha value is -3.14. The molecule has 3 aromatic heterocycles. The molecule has 1 fully saturated rings. The van der Waals surface area contributed by atoms with E-state index in [1.165, 1.54) is 17.8 Å². The molecule has 4 N–H and O–H groups in total. The summed E-state index contributed by atoms with van der Waals surface area (Å²) in [6.45, 7) is 5.99. The second-order valence-corrected chi connectivity index (χ2v) is 11.0. The third-order valence-corrected chi connectivity index (χ3v) is 7.92. The van der Waals surface area contributed by atoms with Crippen molar-refractivity contribution in [2.75, 3.05) is 5.73 Å². The topological polar surface area (TPSA) is 140 Å². The van der Waals surface area contributed by atoms with Gasteiger partial charge in [-0.1, -0.05) is 33.1 Å². The monoisotopic (exact) mass is 479 g/mol. The SMILES string of the molecule is Cc1nc(CC(=O)c2[nH]nc3c2C(C)(C)Cc2cnc(N)nc2-3)sc1C(=O)NC1CCCCC1. The first-order valence-corrected chi connectivity index (χ1v) is 12.6. The fourth-order valence-electron chi connectivity index (χ4n) is 5.16. The number of nitrogens with two attached hydrogens (primary N) is 1. The smallest absolute Gasteiger partial charge is 0.263 e. The molecule has 3 aromatic rings.